The second-order valence-corrected chi connectivity index (χ2v) is 8.29. The molecule has 2 atom stereocenters. The van der Waals surface area contributed by atoms with Crippen molar-refractivity contribution in [2.24, 2.45) is 0 Å². The Labute approximate surface area is 169 Å². The molecular formula is C21H25N3O3S. The molecule has 2 fully saturated rings. The van der Waals surface area contributed by atoms with Gasteiger partial charge in [-0.1, -0.05) is 18.2 Å². The van der Waals surface area contributed by atoms with E-state index in [0.717, 1.165) is 25.2 Å². The fraction of sp³-hybridized carbons (Fsp3) is 0.429. The van der Waals surface area contributed by atoms with Gasteiger partial charge >= 0.3 is 0 Å². The molecule has 28 heavy (non-hydrogen) atoms. The number of nitrogens with zero attached hydrogens (tertiary/aromatic N) is 2. The molecule has 7 heteroatoms. The Hall–Kier alpha value is -2.25. The van der Waals surface area contributed by atoms with Crippen LogP contribution in [0.2, 0.25) is 0 Å². The molecular weight excluding hydrogens is 374 g/mol. The SMILES string of the molecule is O=C(NCCN1CCCC1)C1CSC(c2ccoc2)N1C(=O)c1ccccc1. The molecule has 6 nitrogen and oxygen atoms in total. The number of carbonyl (C=O) groups excluding carboxylic acids is 2. The fourth-order valence-electron chi connectivity index (χ4n) is 3.82. The first-order chi connectivity index (χ1) is 13.7. The van der Waals surface area contributed by atoms with Crippen LogP contribution in [-0.4, -0.2) is 59.6 Å². The third-order valence-corrected chi connectivity index (χ3v) is 6.64. The van der Waals surface area contributed by atoms with Crippen LogP contribution >= 0.6 is 11.8 Å². The van der Waals surface area contributed by atoms with E-state index in [0.29, 0.717) is 17.9 Å². The van der Waals surface area contributed by atoms with Crippen molar-refractivity contribution < 1.29 is 14.0 Å². The zero-order valence-electron chi connectivity index (χ0n) is 15.8. The topological polar surface area (TPSA) is 65.8 Å². The van der Waals surface area contributed by atoms with Crippen molar-refractivity contribution in [3.8, 4) is 0 Å². The van der Waals surface area contributed by atoms with E-state index < -0.39 is 6.04 Å². The molecule has 0 bridgehead atoms. The predicted octanol–water partition coefficient (Wildman–Crippen LogP) is 2.75. The maximum absolute atomic E-state index is 13.2. The average molecular weight is 400 g/mol. The number of carbonyl (C=O) groups is 2. The minimum Gasteiger partial charge on any atom is -0.472 e. The number of nitrogens with one attached hydrogen (secondary N) is 1. The molecule has 2 unspecified atom stereocenters. The highest BCUT2D eigenvalue weighted by Gasteiger charge is 2.42. The Kier molecular flexibility index (Phi) is 6.02. The zero-order chi connectivity index (χ0) is 19.3. The van der Waals surface area contributed by atoms with E-state index in [1.54, 1.807) is 41.3 Å². The van der Waals surface area contributed by atoms with Crippen LogP contribution < -0.4 is 5.32 Å². The van der Waals surface area contributed by atoms with Gasteiger partial charge in [-0.3, -0.25) is 9.59 Å². The number of amides is 2. The van der Waals surface area contributed by atoms with Crippen LogP contribution in [-0.2, 0) is 4.79 Å². The maximum atomic E-state index is 13.2. The predicted molar refractivity (Wildman–Crippen MR) is 109 cm³/mol. The molecule has 2 saturated heterocycles. The van der Waals surface area contributed by atoms with Gasteiger partial charge in [0.15, 0.2) is 0 Å². The summed E-state index contributed by atoms with van der Waals surface area (Å²) >= 11 is 1.60. The Morgan fingerprint density at radius 2 is 1.93 bits per heavy atom. The van der Waals surface area contributed by atoms with Gasteiger partial charge in [-0.05, 0) is 44.1 Å². The van der Waals surface area contributed by atoms with Crippen molar-refractivity contribution in [3.05, 3.63) is 60.1 Å². The van der Waals surface area contributed by atoms with Gasteiger partial charge in [-0.2, -0.15) is 0 Å². The highest BCUT2D eigenvalue weighted by Crippen LogP contribution is 2.42. The number of likely N-dealkylation sites (tertiary alicyclic amines) is 1. The molecule has 0 saturated carbocycles. The monoisotopic (exact) mass is 399 g/mol. The highest BCUT2D eigenvalue weighted by molar-refractivity contribution is 7.99. The molecule has 2 aliphatic rings. The van der Waals surface area contributed by atoms with Crippen molar-refractivity contribution in [3.63, 3.8) is 0 Å². The van der Waals surface area contributed by atoms with Crippen LogP contribution in [0.25, 0.3) is 0 Å². The lowest BCUT2D eigenvalue weighted by Crippen LogP contribution is -2.49. The molecule has 0 radical (unpaired) electrons. The first kappa shape index (κ1) is 19.1. The molecule has 3 heterocycles. The number of hydrogen-bond donors (Lipinski definition) is 1. The number of hydrogen-bond acceptors (Lipinski definition) is 5. The van der Waals surface area contributed by atoms with Gasteiger partial charge < -0.3 is 19.5 Å². The summed E-state index contributed by atoms with van der Waals surface area (Å²) in [6, 6.07) is 10.5. The van der Waals surface area contributed by atoms with Gasteiger partial charge in [0.05, 0.1) is 12.5 Å². The number of benzene rings is 1. The average Bonchev–Trinajstić information content (AvgIpc) is 3.48. The van der Waals surface area contributed by atoms with E-state index in [2.05, 4.69) is 10.2 Å². The molecule has 2 aromatic rings. The maximum Gasteiger partial charge on any atom is 0.255 e. The van der Waals surface area contributed by atoms with Crippen molar-refractivity contribution in [1.29, 1.82) is 0 Å². The molecule has 4 rings (SSSR count). The number of thioether (sulfide) groups is 1. The molecule has 0 spiro atoms. The lowest BCUT2D eigenvalue weighted by molar-refractivity contribution is -0.124. The smallest absolute Gasteiger partial charge is 0.255 e. The lowest BCUT2D eigenvalue weighted by atomic mass is 10.1. The molecule has 1 aromatic carbocycles. The zero-order valence-corrected chi connectivity index (χ0v) is 16.6. The van der Waals surface area contributed by atoms with Crippen LogP contribution in [0.15, 0.2) is 53.3 Å². The van der Waals surface area contributed by atoms with E-state index in [4.69, 9.17) is 4.42 Å². The summed E-state index contributed by atoms with van der Waals surface area (Å²) in [4.78, 5) is 30.2. The largest absolute Gasteiger partial charge is 0.472 e. The van der Waals surface area contributed by atoms with Gasteiger partial charge in [0.25, 0.3) is 5.91 Å². The summed E-state index contributed by atoms with van der Waals surface area (Å²) in [5, 5.41) is 2.82. The minimum atomic E-state index is -0.490. The Morgan fingerprint density at radius 3 is 2.64 bits per heavy atom. The lowest BCUT2D eigenvalue weighted by Gasteiger charge is -2.28. The molecule has 0 aliphatic carbocycles. The summed E-state index contributed by atoms with van der Waals surface area (Å²) in [5.41, 5.74) is 1.50. The second kappa shape index (κ2) is 8.84. The van der Waals surface area contributed by atoms with Crippen molar-refractivity contribution in [2.45, 2.75) is 24.3 Å². The molecule has 148 valence electrons. The van der Waals surface area contributed by atoms with Crippen LogP contribution in [0, 0.1) is 0 Å². The molecule has 1 N–H and O–H groups in total. The van der Waals surface area contributed by atoms with Crippen LogP contribution in [0.3, 0.4) is 0 Å². The summed E-state index contributed by atoms with van der Waals surface area (Å²) in [6.07, 6.45) is 5.72. The summed E-state index contributed by atoms with van der Waals surface area (Å²) in [6.45, 7) is 3.69. The summed E-state index contributed by atoms with van der Waals surface area (Å²) in [7, 11) is 0. The molecule has 2 aliphatic heterocycles. The third kappa shape index (κ3) is 4.10. The first-order valence-electron chi connectivity index (χ1n) is 9.75. The van der Waals surface area contributed by atoms with Gasteiger partial charge in [0.1, 0.15) is 11.4 Å². The van der Waals surface area contributed by atoms with Crippen LogP contribution in [0.1, 0.15) is 34.1 Å². The Morgan fingerprint density at radius 1 is 1.14 bits per heavy atom. The normalized spacial score (nSPS) is 22.5. The second-order valence-electron chi connectivity index (χ2n) is 7.18. The standard InChI is InChI=1S/C21H25N3O3S/c25-19(22-9-12-23-10-4-5-11-23)18-15-28-21(17-8-13-27-14-17)24(18)20(26)16-6-2-1-3-7-16/h1-3,6-8,13-14,18,21H,4-5,9-12,15H2,(H,22,25). The Balaban J connectivity index is 1.48. The van der Waals surface area contributed by atoms with Gasteiger partial charge in [0.2, 0.25) is 5.91 Å². The third-order valence-electron chi connectivity index (χ3n) is 5.31. The van der Waals surface area contributed by atoms with Crippen LogP contribution in [0.5, 0.6) is 0 Å². The van der Waals surface area contributed by atoms with E-state index in [-0.39, 0.29) is 17.2 Å². The summed E-state index contributed by atoms with van der Waals surface area (Å²) in [5.74, 6) is 0.364. The highest BCUT2D eigenvalue weighted by atomic mass is 32.2. The van der Waals surface area contributed by atoms with E-state index >= 15 is 0 Å². The number of furan rings is 1. The van der Waals surface area contributed by atoms with Gasteiger partial charge in [-0.25, -0.2) is 0 Å². The number of rotatable bonds is 6. The fourth-order valence-corrected chi connectivity index (χ4v) is 5.23. The first-order valence-corrected chi connectivity index (χ1v) is 10.8. The van der Waals surface area contributed by atoms with Gasteiger partial charge in [0, 0.05) is 30.0 Å². The van der Waals surface area contributed by atoms with Crippen molar-refractivity contribution in [2.75, 3.05) is 31.9 Å². The van der Waals surface area contributed by atoms with Gasteiger partial charge in [-0.15, -0.1) is 11.8 Å². The summed E-state index contributed by atoms with van der Waals surface area (Å²) < 4.78 is 5.22. The van der Waals surface area contributed by atoms with E-state index in [9.17, 15) is 9.59 Å². The Bertz CT molecular complexity index is 790. The quantitative estimate of drug-likeness (QED) is 0.809. The molecule has 1 aromatic heterocycles. The van der Waals surface area contributed by atoms with Crippen LogP contribution in [0.4, 0.5) is 0 Å². The minimum absolute atomic E-state index is 0.0815. The van der Waals surface area contributed by atoms with Crippen molar-refractivity contribution in [1.82, 2.24) is 15.1 Å². The molecule has 2 amide bonds. The van der Waals surface area contributed by atoms with E-state index in [1.807, 2.05) is 24.3 Å². The van der Waals surface area contributed by atoms with Crippen molar-refractivity contribution >= 4 is 23.6 Å². The van der Waals surface area contributed by atoms with E-state index in [1.165, 1.54) is 12.8 Å².